The van der Waals surface area contributed by atoms with Gasteiger partial charge in [0.15, 0.2) is 11.6 Å². The standard InChI is InChI=1S/C15H10F2OS/c16-11-6-5-10(7-12(11)17)15(18)14-8-9-3-1-2-4-13(9)19-14/h1-8,15,18H. The van der Waals surface area contributed by atoms with Gasteiger partial charge in [0.05, 0.1) is 0 Å². The minimum Gasteiger partial charge on any atom is -0.383 e. The van der Waals surface area contributed by atoms with Gasteiger partial charge in [-0.15, -0.1) is 11.3 Å². The Hall–Kier alpha value is -1.78. The van der Waals surface area contributed by atoms with E-state index in [-0.39, 0.29) is 0 Å². The predicted octanol–water partition coefficient (Wildman–Crippen LogP) is 4.26. The molecule has 1 atom stereocenters. The Kier molecular flexibility index (Phi) is 3.05. The van der Waals surface area contributed by atoms with Crippen molar-refractivity contribution in [1.82, 2.24) is 0 Å². The first-order chi connectivity index (χ1) is 9.15. The molecule has 19 heavy (non-hydrogen) atoms. The second-order valence-electron chi connectivity index (χ2n) is 4.26. The highest BCUT2D eigenvalue weighted by molar-refractivity contribution is 7.19. The van der Waals surface area contributed by atoms with Gasteiger partial charge in [-0.3, -0.25) is 0 Å². The molecule has 2 aromatic carbocycles. The zero-order valence-electron chi connectivity index (χ0n) is 9.81. The highest BCUT2D eigenvalue weighted by Gasteiger charge is 2.15. The first-order valence-corrected chi connectivity index (χ1v) is 6.58. The third-order valence-electron chi connectivity index (χ3n) is 2.97. The second kappa shape index (κ2) is 4.72. The van der Waals surface area contributed by atoms with Gasteiger partial charge in [-0.05, 0) is 35.2 Å². The minimum absolute atomic E-state index is 0.352. The number of rotatable bonds is 2. The van der Waals surface area contributed by atoms with Gasteiger partial charge >= 0.3 is 0 Å². The number of halogens is 2. The zero-order valence-corrected chi connectivity index (χ0v) is 10.6. The molecule has 0 saturated heterocycles. The second-order valence-corrected chi connectivity index (χ2v) is 5.38. The zero-order chi connectivity index (χ0) is 13.4. The number of thiophene rings is 1. The summed E-state index contributed by atoms with van der Waals surface area (Å²) >= 11 is 1.44. The molecule has 1 aromatic heterocycles. The van der Waals surface area contributed by atoms with E-state index < -0.39 is 17.7 Å². The van der Waals surface area contributed by atoms with Crippen molar-refractivity contribution in [2.24, 2.45) is 0 Å². The first kappa shape index (κ1) is 12.3. The van der Waals surface area contributed by atoms with Crippen LogP contribution in [0.2, 0.25) is 0 Å². The lowest BCUT2D eigenvalue weighted by molar-refractivity contribution is 0.223. The lowest BCUT2D eigenvalue weighted by Crippen LogP contribution is -1.98. The van der Waals surface area contributed by atoms with Crippen LogP contribution in [0.1, 0.15) is 16.5 Å². The number of hydrogen-bond acceptors (Lipinski definition) is 2. The van der Waals surface area contributed by atoms with Gasteiger partial charge in [0.2, 0.25) is 0 Å². The van der Waals surface area contributed by atoms with Gasteiger partial charge in [0, 0.05) is 9.58 Å². The summed E-state index contributed by atoms with van der Waals surface area (Å²) in [5.74, 6) is -1.86. The van der Waals surface area contributed by atoms with Crippen LogP contribution in [0.4, 0.5) is 8.78 Å². The third kappa shape index (κ3) is 2.25. The highest BCUT2D eigenvalue weighted by atomic mass is 32.1. The molecule has 0 radical (unpaired) electrons. The van der Waals surface area contributed by atoms with Gasteiger partial charge in [0.25, 0.3) is 0 Å². The van der Waals surface area contributed by atoms with E-state index >= 15 is 0 Å². The fourth-order valence-corrected chi connectivity index (χ4v) is 3.06. The summed E-state index contributed by atoms with van der Waals surface area (Å²) < 4.78 is 27.1. The summed E-state index contributed by atoms with van der Waals surface area (Å²) in [6, 6.07) is 13.1. The van der Waals surface area contributed by atoms with Crippen molar-refractivity contribution >= 4 is 21.4 Å². The van der Waals surface area contributed by atoms with Crippen LogP contribution in [-0.4, -0.2) is 5.11 Å². The van der Waals surface area contributed by atoms with E-state index in [0.717, 1.165) is 22.2 Å². The average molecular weight is 276 g/mol. The molecule has 1 unspecified atom stereocenters. The van der Waals surface area contributed by atoms with Crippen molar-refractivity contribution in [2.45, 2.75) is 6.10 Å². The van der Waals surface area contributed by atoms with Gasteiger partial charge in [0.1, 0.15) is 6.10 Å². The van der Waals surface area contributed by atoms with Crippen molar-refractivity contribution in [2.75, 3.05) is 0 Å². The molecule has 3 aromatic rings. The Morgan fingerprint density at radius 2 is 1.74 bits per heavy atom. The molecule has 1 heterocycles. The van der Waals surface area contributed by atoms with Crippen LogP contribution < -0.4 is 0 Å². The van der Waals surface area contributed by atoms with Crippen LogP contribution in [0.5, 0.6) is 0 Å². The molecule has 3 rings (SSSR count). The highest BCUT2D eigenvalue weighted by Crippen LogP contribution is 2.33. The molecule has 96 valence electrons. The summed E-state index contributed by atoms with van der Waals surface area (Å²) in [5, 5.41) is 11.3. The number of hydrogen-bond donors (Lipinski definition) is 1. The quantitative estimate of drug-likeness (QED) is 0.741. The van der Waals surface area contributed by atoms with E-state index in [1.807, 2.05) is 30.3 Å². The van der Waals surface area contributed by atoms with Gasteiger partial charge in [-0.2, -0.15) is 0 Å². The Morgan fingerprint density at radius 1 is 0.947 bits per heavy atom. The molecule has 4 heteroatoms. The molecule has 0 amide bonds. The van der Waals surface area contributed by atoms with E-state index in [4.69, 9.17) is 0 Å². The number of aliphatic hydroxyl groups is 1. The lowest BCUT2D eigenvalue weighted by atomic mass is 10.1. The average Bonchev–Trinajstić information content (AvgIpc) is 2.85. The van der Waals surface area contributed by atoms with E-state index in [0.29, 0.717) is 10.4 Å². The smallest absolute Gasteiger partial charge is 0.159 e. The van der Waals surface area contributed by atoms with E-state index in [1.54, 1.807) is 0 Å². The Morgan fingerprint density at radius 3 is 2.47 bits per heavy atom. The molecule has 0 fully saturated rings. The third-order valence-corrected chi connectivity index (χ3v) is 4.14. The fourth-order valence-electron chi connectivity index (χ4n) is 1.98. The molecule has 1 N–H and O–H groups in total. The predicted molar refractivity (Wildman–Crippen MR) is 72.2 cm³/mol. The van der Waals surface area contributed by atoms with Crippen LogP contribution >= 0.6 is 11.3 Å². The molecular weight excluding hydrogens is 266 g/mol. The number of aliphatic hydroxyl groups excluding tert-OH is 1. The monoisotopic (exact) mass is 276 g/mol. The maximum Gasteiger partial charge on any atom is 0.159 e. The molecule has 1 nitrogen and oxygen atoms in total. The van der Waals surface area contributed by atoms with E-state index in [2.05, 4.69) is 0 Å². The van der Waals surface area contributed by atoms with Gasteiger partial charge in [-0.25, -0.2) is 8.78 Å². The van der Waals surface area contributed by atoms with Crippen LogP contribution in [0.15, 0.2) is 48.5 Å². The molecular formula is C15H10F2OS. The maximum absolute atomic E-state index is 13.2. The molecule has 0 aliphatic carbocycles. The fraction of sp³-hybridized carbons (Fsp3) is 0.0667. The van der Waals surface area contributed by atoms with Gasteiger partial charge < -0.3 is 5.11 Å². The number of benzene rings is 2. The molecule has 0 aliphatic rings. The Bertz CT molecular complexity index is 703. The lowest BCUT2D eigenvalue weighted by Gasteiger charge is -2.08. The van der Waals surface area contributed by atoms with Crippen molar-refractivity contribution in [3.8, 4) is 0 Å². The summed E-state index contributed by atoms with van der Waals surface area (Å²) in [7, 11) is 0. The van der Waals surface area contributed by atoms with E-state index in [1.165, 1.54) is 17.4 Å². The normalized spacial score (nSPS) is 12.8. The summed E-state index contributed by atoms with van der Waals surface area (Å²) in [5.41, 5.74) is 0.352. The molecule has 0 aliphatic heterocycles. The Balaban J connectivity index is 2.02. The number of fused-ring (bicyclic) bond motifs is 1. The van der Waals surface area contributed by atoms with Crippen molar-refractivity contribution in [3.05, 3.63) is 70.6 Å². The molecule has 0 saturated carbocycles. The maximum atomic E-state index is 13.2. The first-order valence-electron chi connectivity index (χ1n) is 5.76. The van der Waals surface area contributed by atoms with Crippen LogP contribution in [0, 0.1) is 11.6 Å². The summed E-state index contributed by atoms with van der Waals surface area (Å²) in [6.45, 7) is 0. The van der Waals surface area contributed by atoms with Crippen LogP contribution in [-0.2, 0) is 0 Å². The SMILES string of the molecule is OC(c1ccc(F)c(F)c1)c1cc2ccccc2s1. The van der Waals surface area contributed by atoms with E-state index in [9.17, 15) is 13.9 Å². The van der Waals surface area contributed by atoms with Crippen molar-refractivity contribution < 1.29 is 13.9 Å². The van der Waals surface area contributed by atoms with Crippen molar-refractivity contribution in [1.29, 1.82) is 0 Å². The Labute approximate surface area is 112 Å². The van der Waals surface area contributed by atoms with Crippen LogP contribution in [0.25, 0.3) is 10.1 Å². The minimum atomic E-state index is -0.947. The largest absolute Gasteiger partial charge is 0.383 e. The summed E-state index contributed by atoms with van der Waals surface area (Å²) in [6.07, 6.45) is -0.938. The topological polar surface area (TPSA) is 20.2 Å². The summed E-state index contributed by atoms with van der Waals surface area (Å²) in [4.78, 5) is 0.715. The van der Waals surface area contributed by atoms with Crippen molar-refractivity contribution in [3.63, 3.8) is 0 Å². The molecule has 0 spiro atoms. The molecule has 0 bridgehead atoms. The van der Waals surface area contributed by atoms with Gasteiger partial charge in [-0.1, -0.05) is 24.3 Å². The van der Waals surface area contributed by atoms with Crippen LogP contribution in [0.3, 0.4) is 0 Å².